The molecule has 26 heavy (non-hydrogen) atoms. The summed E-state index contributed by atoms with van der Waals surface area (Å²) < 4.78 is 1.94. The molecule has 0 fully saturated rings. The largest absolute Gasteiger partial charge is 0.351 e. The summed E-state index contributed by atoms with van der Waals surface area (Å²) in [6, 6.07) is 9.64. The second kappa shape index (κ2) is 8.86. The number of nitrogens with two attached hydrogens (primary N) is 1. The van der Waals surface area contributed by atoms with Crippen LogP contribution in [0.4, 0.5) is 0 Å². The van der Waals surface area contributed by atoms with E-state index >= 15 is 0 Å². The Morgan fingerprint density at radius 3 is 2.73 bits per heavy atom. The Kier molecular flexibility index (Phi) is 7.06. The quantitative estimate of drug-likeness (QED) is 0.645. The highest BCUT2D eigenvalue weighted by molar-refractivity contribution is 7.20. The highest BCUT2D eigenvalue weighted by atomic mass is 35.5. The van der Waals surface area contributed by atoms with Crippen molar-refractivity contribution in [2.75, 3.05) is 13.1 Å². The molecule has 3 N–H and O–H groups in total. The van der Waals surface area contributed by atoms with Crippen molar-refractivity contribution in [2.24, 2.45) is 11.7 Å². The number of benzene rings is 1. The fraction of sp³-hybridized carbons (Fsp3) is 0.333. The molecule has 0 aliphatic rings. The van der Waals surface area contributed by atoms with E-state index in [2.05, 4.69) is 10.4 Å². The summed E-state index contributed by atoms with van der Waals surface area (Å²) in [5, 5.41) is 9.28. The lowest BCUT2D eigenvalue weighted by Crippen LogP contribution is -2.30. The van der Waals surface area contributed by atoms with Gasteiger partial charge in [0, 0.05) is 17.0 Å². The number of aryl methyl sites for hydroxylation is 1. The van der Waals surface area contributed by atoms with E-state index in [4.69, 9.17) is 17.3 Å². The van der Waals surface area contributed by atoms with Gasteiger partial charge in [-0.15, -0.1) is 23.7 Å². The van der Waals surface area contributed by atoms with Gasteiger partial charge >= 0.3 is 0 Å². The lowest BCUT2D eigenvalue weighted by Gasteiger charge is -2.08. The lowest BCUT2D eigenvalue weighted by atomic mass is 10.2. The van der Waals surface area contributed by atoms with Gasteiger partial charge in [0.15, 0.2) is 0 Å². The number of nitrogens with zero attached hydrogens (tertiary/aromatic N) is 2. The molecular formula is C18H22Cl2N4OS. The van der Waals surface area contributed by atoms with Gasteiger partial charge in [-0.2, -0.15) is 5.10 Å². The van der Waals surface area contributed by atoms with Crippen LogP contribution in [-0.4, -0.2) is 28.8 Å². The van der Waals surface area contributed by atoms with E-state index in [0.717, 1.165) is 21.5 Å². The molecule has 3 rings (SSSR count). The highest BCUT2D eigenvalue weighted by Gasteiger charge is 2.16. The van der Waals surface area contributed by atoms with Gasteiger partial charge in [0.1, 0.15) is 4.83 Å². The van der Waals surface area contributed by atoms with Crippen LogP contribution >= 0.6 is 35.3 Å². The molecule has 0 saturated heterocycles. The summed E-state index contributed by atoms with van der Waals surface area (Å²) in [7, 11) is 0. The topological polar surface area (TPSA) is 72.9 Å². The van der Waals surface area contributed by atoms with Gasteiger partial charge in [0.25, 0.3) is 5.91 Å². The number of amides is 1. The normalized spacial score (nSPS) is 12.0. The molecule has 1 amide bonds. The van der Waals surface area contributed by atoms with Crippen LogP contribution in [0.5, 0.6) is 0 Å². The zero-order valence-corrected chi connectivity index (χ0v) is 17.0. The van der Waals surface area contributed by atoms with Crippen molar-refractivity contribution >= 4 is 51.5 Å². The van der Waals surface area contributed by atoms with E-state index in [0.29, 0.717) is 29.5 Å². The van der Waals surface area contributed by atoms with Crippen LogP contribution in [0.25, 0.3) is 10.2 Å². The Morgan fingerprint density at radius 2 is 2.08 bits per heavy atom. The Hall–Kier alpha value is -1.60. The third-order valence-electron chi connectivity index (χ3n) is 4.09. The van der Waals surface area contributed by atoms with Crippen molar-refractivity contribution < 1.29 is 4.79 Å². The van der Waals surface area contributed by atoms with Crippen LogP contribution < -0.4 is 11.1 Å². The molecule has 1 aromatic carbocycles. The molecule has 1 unspecified atom stereocenters. The second-order valence-electron chi connectivity index (χ2n) is 6.25. The fourth-order valence-corrected chi connectivity index (χ4v) is 3.74. The van der Waals surface area contributed by atoms with Crippen molar-refractivity contribution in [3.63, 3.8) is 0 Å². The fourth-order valence-electron chi connectivity index (χ4n) is 2.53. The molecular weight excluding hydrogens is 391 g/mol. The molecule has 8 heteroatoms. The van der Waals surface area contributed by atoms with Gasteiger partial charge in [0.2, 0.25) is 0 Å². The number of thiophene rings is 1. The first kappa shape index (κ1) is 20.7. The van der Waals surface area contributed by atoms with Crippen molar-refractivity contribution in [3.8, 4) is 0 Å². The van der Waals surface area contributed by atoms with E-state index in [1.54, 1.807) is 0 Å². The molecule has 0 radical (unpaired) electrons. The number of rotatable bonds is 6. The third kappa shape index (κ3) is 4.57. The maximum absolute atomic E-state index is 12.4. The predicted octanol–water partition coefficient (Wildman–Crippen LogP) is 3.85. The number of fused-ring (bicyclic) bond motifs is 1. The Morgan fingerprint density at radius 1 is 1.38 bits per heavy atom. The van der Waals surface area contributed by atoms with E-state index in [1.807, 2.05) is 48.9 Å². The monoisotopic (exact) mass is 412 g/mol. The average Bonchev–Trinajstić information content (AvgIpc) is 3.16. The first-order chi connectivity index (χ1) is 12.0. The zero-order valence-electron chi connectivity index (χ0n) is 14.7. The maximum atomic E-state index is 12.4. The van der Waals surface area contributed by atoms with E-state index in [9.17, 15) is 4.79 Å². The molecule has 5 nitrogen and oxygen atoms in total. The van der Waals surface area contributed by atoms with Crippen molar-refractivity contribution in [3.05, 3.63) is 51.5 Å². The number of carbonyl (C=O) groups is 1. The molecule has 0 saturated carbocycles. The molecule has 0 aliphatic carbocycles. The first-order valence-electron chi connectivity index (χ1n) is 8.17. The smallest absolute Gasteiger partial charge is 0.261 e. The summed E-state index contributed by atoms with van der Waals surface area (Å²) >= 11 is 7.41. The number of hydrogen-bond acceptors (Lipinski definition) is 4. The third-order valence-corrected chi connectivity index (χ3v) is 5.49. The SMILES string of the molecule is Cc1nn(Cc2ccc(Cl)cc2)c2sc(C(=O)NCC(C)CN)cc12.Cl. The molecule has 1 atom stereocenters. The summed E-state index contributed by atoms with van der Waals surface area (Å²) in [5.74, 6) is 0.208. The second-order valence-corrected chi connectivity index (χ2v) is 7.72. The number of hydrogen-bond donors (Lipinski definition) is 2. The van der Waals surface area contributed by atoms with Crippen molar-refractivity contribution in [2.45, 2.75) is 20.4 Å². The van der Waals surface area contributed by atoms with E-state index in [1.165, 1.54) is 11.3 Å². The van der Waals surface area contributed by atoms with Crippen molar-refractivity contribution in [1.82, 2.24) is 15.1 Å². The predicted molar refractivity (Wildman–Crippen MR) is 111 cm³/mol. The van der Waals surface area contributed by atoms with Gasteiger partial charge in [0.05, 0.1) is 17.1 Å². The van der Waals surface area contributed by atoms with Crippen LogP contribution in [-0.2, 0) is 6.54 Å². The number of carbonyl (C=O) groups excluding carboxylic acids is 1. The minimum Gasteiger partial charge on any atom is -0.351 e. The van der Waals surface area contributed by atoms with Crippen LogP contribution in [0.3, 0.4) is 0 Å². The number of nitrogens with one attached hydrogen (secondary N) is 1. The summed E-state index contributed by atoms with van der Waals surface area (Å²) in [4.78, 5) is 14.1. The Labute approximate surface area is 167 Å². The number of aromatic nitrogens is 2. The molecule has 3 aromatic rings. The highest BCUT2D eigenvalue weighted by Crippen LogP contribution is 2.29. The summed E-state index contributed by atoms with van der Waals surface area (Å²) in [6.07, 6.45) is 0. The van der Waals surface area contributed by atoms with Gasteiger partial charge in [-0.1, -0.05) is 30.7 Å². The van der Waals surface area contributed by atoms with Crippen LogP contribution in [0.15, 0.2) is 30.3 Å². The molecule has 0 spiro atoms. The van der Waals surface area contributed by atoms with Gasteiger partial charge in [-0.05, 0) is 43.1 Å². The maximum Gasteiger partial charge on any atom is 0.261 e. The van der Waals surface area contributed by atoms with E-state index < -0.39 is 0 Å². The minimum absolute atomic E-state index is 0. The van der Waals surface area contributed by atoms with Crippen LogP contribution in [0, 0.1) is 12.8 Å². The summed E-state index contributed by atoms with van der Waals surface area (Å²) in [5.41, 5.74) is 7.64. The van der Waals surface area contributed by atoms with E-state index in [-0.39, 0.29) is 24.2 Å². The van der Waals surface area contributed by atoms with Gasteiger partial charge in [-0.25, -0.2) is 0 Å². The Balaban J connectivity index is 0.00000243. The minimum atomic E-state index is -0.0565. The Bertz CT molecular complexity index is 889. The molecule has 2 heterocycles. The molecule has 0 bridgehead atoms. The van der Waals surface area contributed by atoms with Crippen LogP contribution in [0.1, 0.15) is 27.9 Å². The number of halogens is 2. The van der Waals surface area contributed by atoms with Gasteiger partial charge in [-0.3, -0.25) is 9.48 Å². The molecule has 0 aliphatic heterocycles. The zero-order chi connectivity index (χ0) is 18.0. The molecule has 140 valence electrons. The lowest BCUT2D eigenvalue weighted by molar-refractivity contribution is 0.0952. The van der Waals surface area contributed by atoms with Gasteiger partial charge < -0.3 is 11.1 Å². The standard InChI is InChI=1S/C18H21ClN4OS.ClH/c1-11(8-20)9-21-17(24)16-7-15-12(2)22-23(18(15)25-16)10-13-3-5-14(19)6-4-13;/h3-7,11H,8-10,20H2,1-2H3,(H,21,24);1H. The first-order valence-corrected chi connectivity index (χ1v) is 9.37. The summed E-state index contributed by atoms with van der Waals surface area (Å²) in [6.45, 7) is 5.76. The van der Waals surface area contributed by atoms with Crippen LogP contribution in [0.2, 0.25) is 5.02 Å². The van der Waals surface area contributed by atoms with Crippen molar-refractivity contribution in [1.29, 1.82) is 0 Å². The molecule has 2 aromatic heterocycles. The average molecular weight is 413 g/mol.